The fourth-order valence-electron chi connectivity index (χ4n) is 0. The standard InChI is InChI=1S/C2H2O4.2Ba.H3O4P/c3-1(4)2(5)6;;;1-5(2,3)4/h(H,3,4)(H,5,6);;;(H3,1,2,3,4)/q;2*+2;/p-4. The van der Waals surface area contributed by atoms with Crippen molar-refractivity contribution < 1.29 is 39.0 Å². The van der Waals surface area contributed by atoms with Crippen LogP contribution in [0.5, 0.6) is 0 Å². The zero-order valence-corrected chi connectivity index (χ0v) is 15.9. The Morgan fingerprint density at radius 1 is 1.00 bits per heavy atom. The maximum atomic E-state index is 8.93. The molecule has 0 aromatic carbocycles. The predicted octanol–water partition coefficient (Wildman–Crippen LogP) is -6.47. The van der Waals surface area contributed by atoms with Crippen LogP contribution in [0.15, 0.2) is 0 Å². The van der Waals surface area contributed by atoms with Gasteiger partial charge in [0.1, 0.15) is 0 Å². The van der Waals surface area contributed by atoms with Crippen molar-refractivity contribution in [3.05, 3.63) is 0 Å². The fraction of sp³-hybridized carbons (Fsp3) is 0. The van der Waals surface area contributed by atoms with Gasteiger partial charge in [-0.25, -0.2) is 0 Å². The average Bonchev–Trinajstić information content (AvgIpc) is 1.59. The van der Waals surface area contributed by atoms with Crippen molar-refractivity contribution in [1.82, 2.24) is 0 Å². The monoisotopic (exact) mass is 460 g/mol. The van der Waals surface area contributed by atoms with Gasteiger partial charge in [0.25, 0.3) is 0 Å². The molecule has 0 aliphatic heterocycles. The first-order valence-electron chi connectivity index (χ1n) is 1.81. The molecule has 0 atom stereocenters. The summed E-state index contributed by atoms with van der Waals surface area (Å²) in [5.41, 5.74) is 0. The van der Waals surface area contributed by atoms with Crippen molar-refractivity contribution in [2.45, 2.75) is 0 Å². The summed E-state index contributed by atoms with van der Waals surface area (Å²) in [5, 5.41) is 17.9. The zero-order chi connectivity index (χ0) is 9.65. The summed E-state index contributed by atoms with van der Waals surface area (Å²) < 4.78 is 8.66. The van der Waals surface area contributed by atoms with Gasteiger partial charge in [0.2, 0.25) is 0 Å². The number of carboxylic acid groups (broad SMARTS) is 2. The van der Waals surface area contributed by atoms with Crippen molar-refractivity contribution in [3.8, 4) is 0 Å². The third kappa shape index (κ3) is 55.0. The van der Waals surface area contributed by atoms with Gasteiger partial charge in [-0.3, -0.25) is 0 Å². The molecule has 0 heterocycles. The fourth-order valence-corrected chi connectivity index (χ4v) is 0. The van der Waals surface area contributed by atoms with Crippen molar-refractivity contribution in [3.63, 3.8) is 0 Å². The Bertz CT molecular complexity index is 176. The molecule has 11 heteroatoms. The number of carboxylic acids is 2. The molecular weight excluding hydrogens is 458 g/mol. The first-order chi connectivity index (χ1) is 4.64. The zero-order valence-electron chi connectivity index (χ0n) is 6.17. The number of aliphatic carboxylic acids is 2. The number of carbonyl (C=O) groups is 2. The number of rotatable bonds is 0. The van der Waals surface area contributed by atoms with E-state index in [4.69, 9.17) is 39.0 Å². The molecule has 1 N–H and O–H groups in total. The van der Waals surface area contributed by atoms with Crippen LogP contribution in [0.3, 0.4) is 0 Å². The van der Waals surface area contributed by atoms with Gasteiger partial charge < -0.3 is 39.0 Å². The molecule has 13 heavy (non-hydrogen) atoms. The second-order valence-corrected chi connectivity index (χ2v) is 1.98. The van der Waals surface area contributed by atoms with Gasteiger partial charge in [-0.05, 0) is 0 Å². The quantitative estimate of drug-likeness (QED) is 0.213. The van der Waals surface area contributed by atoms with Crippen LogP contribution in [0, 0.1) is 0 Å². The summed E-state index contributed by atoms with van der Waals surface area (Å²) in [7, 11) is -5.14. The Kier molecular flexibility index (Phi) is 23.0. The summed E-state index contributed by atoms with van der Waals surface area (Å²) in [6.07, 6.45) is 0. The maximum absolute atomic E-state index is 8.93. The molecule has 0 radical (unpaired) electrons. The Morgan fingerprint density at radius 3 is 1.08 bits per heavy atom. The topological polar surface area (TPSA) is 164 Å². The van der Waals surface area contributed by atoms with Crippen LogP contribution in [0.2, 0.25) is 0 Å². The number of hydrogen-bond acceptors (Lipinski definition) is 7. The summed E-state index contributed by atoms with van der Waals surface area (Å²) in [4.78, 5) is 42.1. The van der Waals surface area contributed by atoms with Crippen molar-refractivity contribution in [1.29, 1.82) is 0 Å². The van der Waals surface area contributed by atoms with Gasteiger partial charge in [0.05, 0.1) is 19.8 Å². The van der Waals surface area contributed by atoms with Crippen LogP contribution in [0.4, 0.5) is 0 Å². The van der Waals surface area contributed by atoms with Crippen LogP contribution >= 0.6 is 7.82 Å². The minimum atomic E-state index is -5.14. The summed E-state index contributed by atoms with van der Waals surface area (Å²) in [5.74, 6) is -4.37. The van der Waals surface area contributed by atoms with Crippen molar-refractivity contribution in [2.75, 3.05) is 0 Å². The Labute approximate surface area is 153 Å². The maximum Gasteiger partial charge on any atom is 2.00 e. The number of phosphoric acid groups is 1. The Morgan fingerprint density at radius 2 is 1.08 bits per heavy atom. The normalized spacial score (nSPS) is 7.92. The molecule has 8 nitrogen and oxygen atoms in total. The number of hydrogen-bond donors (Lipinski definition) is 1. The van der Waals surface area contributed by atoms with Gasteiger partial charge >= 0.3 is 97.8 Å². The molecule has 66 valence electrons. The van der Waals surface area contributed by atoms with E-state index < -0.39 is 19.8 Å². The molecule has 0 bridgehead atoms. The predicted molar refractivity (Wildman–Crippen MR) is 31.3 cm³/mol. The van der Waals surface area contributed by atoms with E-state index in [1.165, 1.54) is 0 Å². The average molecular weight is 459 g/mol. The second kappa shape index (κ2) is 12.3. The van der Waals surface area contributed by atoms with Gasteiger partial charge in [-0.1, -0.05) is 0 Å². The molecule has 0 spiro atoms. The van der Waals surface area contributed by atoms with E-state index in [1.54, 1.807) is 0 Å². The van der Waals surface area contributed by atoms with E-state index in [0.717, 1.165) is 0 Å². The van der Waals surface area contributed by atoms with Gasteiger partial charge in [0.15, 0.2) is 0 Å². The van der Waals surface area contributed by atoms with Crippen molar-refractivity contribution in [2.24, 2.45) is 0 Å². The minimum Gasteiger partial charge on any atom is -0.790 e. The van der Waals surface area contributed by atoms with E-state index in [2.05, 4.69) is 0 Å². The number of carbonyl (C=O) groups excluding carboxylic acids is 2. The molecule has 0 saturated heterocycles. The largest absolute Gasteiger partial charge is 2.00 e. The minimum absolute atomic E-state index is 0. The van der Waals surface area contributed by atoms with E-state index in [1.807, 2.05) is 0 Å². The van der Waals surface area contributed by atoms with E-state index >= 15 is 0 Å². The molecule has 0 aromatic heterocycles. The van der Waals surface area contributed by atoms with E-state index in [0.29, 0.717) is 0 Å². The van der Waals surface area contributed by atoms with E-state index in [9.17, 15) is 0 Å². The molecule has 0 aromatic rings. The first-order valence-corrected chi connectivity index (χ1v) is 3.31. The van der Waals surface area contributed by atoms with Gasteiger partial charge in [-0.2, -0.15) is 0 Å². The van der Waals surface area contributed by atoms with Crippen LogP contribution < -0.4 is 20.0 Å². The first kappa shape index (κ1) is 24.4. The third-order valence-electron chi connectivity index (χ3n) is 0.167. The molecule has 0 fully saturated rings. The summed E-state index contributed by atoms with van der Waals surface area (Å²) in [6.45, 7) is 0. The van der Waals surface area contributed by atoms with Crippen LogP contribution in [0.1, 0.15) is 0 Å². The van der Waals surface area contributed by atoms with Crippen molar-refractivity contribution >= 4 is 118 Å². The molecule has 0 rings (SSSR count). The van der Waals surface area contributed by atoms with Crippen LogP contribution in [-0.4, -0.2) is 115 Å². The molecule has 0 aliphatic carbocycles. The molecule has 0 amide bonds. The SMILES string of the molecule is O=C([O-])C(=O)[O-].O=P([O-])([O-])O.[Ba+2].[Ba+2]. The Balaban J connectivity index is -0.0000000546. The van der Waals surface area contributed by atoms with Gasteiger partial charge in [0, 0.05) is 0 Å². The van der Waals surface area contributed by atoms with Gasteiger partial charge in [-0.15, -0.1) is 0 Å². The van der Waals surface area contributed by atoms with Crippen LogP contribution in [-0.2, 0) is 14.2 Å². The summed E-state index contributed by atoms with van der Waals surface area (Å²) >= 11 is 0. The molecule has 0 saturated carbocycles. The Hall–Kier alpha value is 2.19. The second-order valence-electron chi connectivity index (χ2n) is 1.04. The molecule has 0 aliphatic rings. The molecule has 0 unspecified atom stereocenters. The molecular formula is C2HBa2O8P. The van der Waals surface area contributed by atoms with E-state index in [-0.39, 0.29) is 97.8 Å². The third-order valence-corrected chi connectivity index (χ3v) is 0.167. The van der Waals surface area contributed by atoms with Crippen LogP contribution in [0.25, 0.3) is 0 Å². The smallest absolute Gasteiger partial charge is 0.790 e. The summed E-state index contributed by atoms with van der Waals surface area (Å²) in [6, 6.07) is 0.